The zero-order chi connectivity index (χ0) is 21.2. The zero-order valence-corrected chi connectivity index (χ0v) is 19.0. The van der Waals surface area contributed by atoms with E-state index in [1.54, 1.807) is 12.1 Å². The molecule has 7 nitrogen and oxygen atoms in total. The number of unbranched alkanes of at least 4 members (excludes halogenated alkanes) is 1. The van der Waals surface area contributed by atoms with Crippen LogP contribution in [0.15, 0.2) is 51.4 Å². The predicted molar refractivity (Wildman–Crippen MR) is 121 cm³/mol. The van der Waals surface area contributed by atoms with Crippen LogP contribution in [0, 0.1) is 0 Å². The largest absolute Gasteiger partial charge is 0.445 e. The Morgan fingerprint density at radius 2 is 1.79 bits per heavy atom. The molecule has 6 N–H and O–H groups in total. The van der Waals surface area contributed by atoms with Crippen LogP contribution in [0.5, 0.6) is 0 Å². The number of carbonyl (C=O) groups is 2. The normalized spacial score (nSPS) is 11.6. The SMILES string of the molecule is Nc1c(Br)ccc(NC(=O)C(N)CCCCNC(=O)OCc2ccccc2)c1Br. The molecule has 0 bridgehead atoms. The van der Waals surface area contributed by atoms with Crippen LogP contribution in [0.3, 0.4) is 0 Å². The molecule has 0 aliphatic carbocycles. The number of anilines is 2. The first kappa shape index (κ1) is 23.2. The van der Waals surface area contributed by atoms with E-state index in [1.807, 2.05) is 30.3 Å². The second kappa shape index (κ2) is 11.8. The Kier molecular flexibility index (Phi) is 9.43. The number of hydrogen-bond acceptors (Lipinski definition) is 5. The number of nitrogens with two attached hydrogens (primary N) is 2. The fraction of sp³-hybridized carbons (Fsp3) is 0.300. The molecule has 0 spiro atoms. The van der Waals surface area contributed by atoms with E-state index in [0.717, 1.165) is 10.0 Å². The molecular weight excluding hydrogens is 504 g/mol. The summed E-state index contributed by atoms with van der Waals surface area (Å²) < 4.78 is 6.47. The molecule has 0 aliphatic heterocycles. The summed E-state index contributed by atoms with van der Waals surface area (Å²) in [5.41, 5.74) is 13.9. The highest BCUT2D eigenvalue weighted by Gasteiger charge is 2.16. The standard InChI is InChI=1S/C20H24Br2N4O3/c21-14-9-10-16(17(22)18(14)24)26-19(27)15(23)8-4-5-11-25-20(28)29-12-13-6-2-1-3-7-13/h1-3,6-7,9-10,15H,4-5,8,11-12,23-24H2,(H,25,28)(H,26,27). The topological polar surface area (TPSA) is 119 Å². The van der Waals surface area contributed by atoms with Crippen molar-refractivity contribution >= 4 is 55.2 Å². The molecule has 0 fully saturated rings. The Balaban J connectivity index is 1.62. The summed E-state index contributed by atoms with van der Waals surface area (Å²) >= 11 is 6.69. The molecule has 1 atom stereocenters. The Bertz CT molecular complexity index is 834. The van der Waals surface area contributed by atoms with E-state index in [-0.39, 0.29) is 12.5 Å². The minimum absolute atomic E-state index is 0.230. The van der Waals surface area contributed by atoms with E-state index in [0.29, 0.717) is 41.7 Å². The van der Waals surface area contributed by atoms with Crippen molar-refractivity contribution < 1.29 is 14.3 Å². The van der Waals surface area contributed by atoms with E-state index in [9.17, 15) is 9.59 Å². The molecule has 2 amide bonds. The average molecular weight is 528 g/mol. The molecule has 0 radical (unpaired) electrons. The highest BCUT2D eigenvalue weighted by atomic mass is 79.9. The number of halogens is 2. The highest BCUT2D eigenvalue weighted by molar-refractivity contribution is 9.11. The Morgan fingerprint density at radius 1 is 1.07 bits per heavy atom. The number of nitrogens with one attached hydrogen (secondary N) is 2. The number of rotatable bonds is 9. The molecule has 0 heterocycles. The molecule has 1 unspecified atom stereocenters. The smallest absolute Gasteiger partial charge is 0.407 e. The van der Waals surface area contributed by atoms with Crippen molar-refractivity contribution in [3.05, 3.63) is 57.0 Å². The van der Waals surface area contributed by atoms with Gasteiger partial charge in [-0.15, -0.1) is 0 Å². The molecular formula is C20H24Br2N4O3. The van der Waals surface area contributed by atoms with Crippen LogP contribution in [0.4, 0.5) is 16.2 Å². The van der Waals surface area contributed by atoms with E-state index in [4.69, 9.17) is 16.2 Å². The van der Waals surface area contributed by atoms with Crippen LogP contribution in [-0.4, -0.2) is 24.6 Å². The highest BCUT2D eigenvalue weighted by Crippen LogP contribution is 2.34. The lowest BCUT2D eigenvalue weighted by Gasteiger charge is -2.14. The second-order valence-electron chi connectivity index (χ2n) is 6.40. The molecule has 9 heteroatoms. The molecule has 156 valence electrons. The third kappa shape index (κ3) is 7.68. The number of ether oxygens (including phenoxy) is 1. The van der Waals surface area contributed by atoms with Crippen LogP contribution in [0.25, 0.3) is 0 Å². The number of benzene rings is 2. The first-order chi connectivity index (χ1) is 13.9. The molecule has 2 rings (SSSR count). The van der Waals surface area contributed by atoms with Gasteiger partial charge in [-0.1, -0.05) is 30.3 Å². The first-order valence-corrected chi connectivity index (χ1v) is 10.7. The molecule has 2 aromatic carbocycles. The maximum absolute atomic E-state index is 12.3. The quantitative estimate of drug-likeness (QED) is 0.288. The Morgan fingerprint density at radius 3 is 2.52 bits per heavy atom. The fourth-order valence-corrected chi connectivity index (χ4v) is 3.52. The van der Waals surface area contributed by atoms with Crippen molar-refractivity contribution in [1.82, 2.24) is 5.32 Å². The van der Waals surface area contributed by atoms with Crippen molar-refractivity contribution in [3.63, 3.8) is 0 Å². The van der Waals surface area contributed by atoms with E-state index in [2.05, 4.69) is 42.5 Å². The van der Waals surface area contributed by atoms with Crippen LogP contribution in [0.1, 0.15) is 24.8 Å². The summed E-state index contributed by atoms with van der Waals surface area (Å²) in [6.45, 7) is 0.685. The lowest BCUT2D eigenvalue weighted by atomic mass is 10.1. The van der Waals surface area contributed by atoms with Gasteiger partial charge in [0.15, 0.2) is 0 Å². The predicted octanol–water partition coefficient (Wildman–Crippen LogP) is 4.16. The summed E-state index contributed by atoms with van der Waals surface area (Å²) in [5.74, 6) is -0.289. The summed E-state index contributed by atoms with van der Waals surface area (Å²) in [6, 6.07) is 12.3. The summed E-state index contributed by atoms with van der Waals surface area (Å²) in [6.07, 6.45) is 1.41. The van der Waals surface area contributed by atoms with E-state index >= 15 is 0 Å². The lowest BCUT2D eigenvalue weighted by molar-refractivity contribution is -0.117. The van der Waals surface area contributed by atoms with Gasteiger partial charge in [-0.25, -0.2) is 4.79 Å². The van der Waals surface area contributed by atoms with Crippen LogP contribution in [-0.2, 0) is 16.1 Å². The van der Waals surface area contributed by atoms with E-state index in [1.165, 1.54) is 0 Å². The van der Waals surface area contributed by atoms with Gasteiger partial charge in [0.2, 0.25) is 5.91 Å². The number of amides is 2. The number of alkyl carbamates (subject to hydrolysis) is 1. The molecule has 0 saturated carbocycles. The molecule has 29 heavy (non-hydrogen) atoms. The van der Waals surface area contributed by atoms with Gasteiger partial charge in [0, 0.05) is 11.0 Å². The van der Waals surface area contributed by atoms with Crippen molar-refractivity contribution in [3.8, 4) is 0 Å². The minimum Gasteiger partial charge on any atom is -0.445 e. The van der Waals surface area contributed by atoms with Gasteiger partial charge in [-0.3, -0.25) is 4.79 Å². The number of nitrogen functional groups attached to an aromatic ring is 1. The van der Waals surface area contributed by atoms with Gasteiger partial charge in [-0.2, -0.15) is 0 Å². The first-order valence-electron chi connectivity index (χ1n) is 9.13. The second-order valence-corrected chi connectivity index (χ2v) is 8.05. The van der Waals surface area contributed by atoms with E-state index < -0.39 is 12.1 Å². The van der Waals surface area contributed by atoms with Gasteiger partial charge < -0.3 is 26.8 Å². The molecule has 0 aromatic heterocycles. The third-order valence-corrected chi connectivity index (χ3v) is 5.69. The van der Waals surface area contributed by atoms with Gasteiger partial charge >= 0.3 is 6.09 Å². The maximum atomic E-state index is 12.3. The van der Waals surface area contributed by atoms with Crippen LogP contribution in [0.2, 0.25) is 0 Å². The van der Waals surface area contributed by atoms with Gasteiger partial charge in [0.05, 0.1) is 21.9 Å². The van der Waals surface area contributed by atoms with Crippen LogP contribution < -0.4 is 22.1 Å². The number of hydrogen-bond donors (Lipinski definition) is 4. The van der Waals surface area contributed by atoms with Gasteiger partial charge in [0.1, 0.15) is 6.61 Å². The zero-order valence-electron chi connectivity index (χ0n) is 15.8. The number of carbonyl (C=O) groups excluding carboxylic acids is 2. The van der Waals surface area contributed by atoms with Crippen molar-refractivity contribution in [2.75, 3.05) is 17.6 Å². The van der Waals surface area contributed by atoms with Gasteiger partial charge in [0.25, 0.3) is 0 Å². The van der Waals surface area contributed by atoms with Crippen molar-refractivity contribution in [1.29, 1.82) is 0 Å². The summed E-state index contributed by atoms with van der Waals surface area (Å²) in [7, 11) is 0. The minimum atomic E-state index is -0.656. The van der Waals surface area contributed by atoms with Crippen molar-refractivity contribution in [2.24, 2.45) is 5.73 Å². The Labute approximate surface area is 186 Å². The molecule has 0 aliphatic rings. The maximum Gasteiger partial charge on any atom is 0.407 e. The third-order valence-electron chi connectivity index (χ3n) is 4.15. The van der Waals surface area contributed by atoms with Crippen LogP contribution >= 0.6 is 31.9 Å². The van der Waals surface area contributed by atoms with Gasteiger partial charge in [-0.05, 0) is 68.8 Å². The van der Waals surface area contributed by atoms with Crippen molar-refractivity contribution in [2.45, 2.75) is 31.9 Å². The molecule has 2 aromatic rings. The monoisotopic (exact) mass is 526 g/mol. The average Bonchev–Trinajstić information content (AvgIpc) is 2.73. The fourth-order valence-electron chi connectivity index (χ4n) is 2.48. The molecule has 0 saturated heterocycles. The summed E-state index contributed by atoms with van der Waals surface area (Å²) in [4.78, 5) is 23.9. The summed E-state index contributed by atoms with van der Waals surface area (Å²) in [5, 5.41) is 5.46. The lowest BCUT2D eigenvalue weighted by Crippen LogP contribution is -2.35. The Hall–Kier alpha value is -2.10.